The summed E-state index contributed by atoms with van der Waals surface area (Å²) in [5.41, 5.74) is 3.06. The maximum atomic E-state index is 14.2. The first kappa shape index (κ1) is 16.8. The van der Waals surface area contributed by atoms with Crippen molar-refractivity contribution >= 4 is 16.6 Å². The van der Waals surface area contributed by atoms with Crippen LogP contribution in [0, 0.1) is 18.7 Å². The largest absolute Gasteiger partial charge is 0.507 e. The Labute approximate surface area is 152 Å². The van der Waals surface area contributed by atoms with Crippen molar-refractivity contribution in [3.63, 3.8) is 0 Å². The van der Waals surface area contributed by atoms with Gasteiger partial charge in [-0.3, -0.25) is 0 Å². The Morgan fingerprint density at radius 1 is 1.19 bits per heavy atom. The van der Waals surface area contributed by atoms with Crippen molar-refractivity contribution in [3.8, 4) is 17.1 Å². The Morgan fingerprint density at radius 2 is 1.96 bits per heavy atom. The van der Waals surface area contributed by atoms with Crippen molar-refractivity contribution in [2.24, 2.45) is 5.92 Å². The molecule has 0 unspecified atom stereocenters. The van der Waals surface area contributed by atoms with Crippen molar-refractivity contribution < 1.29 is 9.50 Å². The molecule has 4 rings (SSSR count). The smallest absolute Gasteiger partial charge is 0.166 e. The SMILES string of the molecule is Cc1cc(N2CCC(C)CC2)c2cnc(-c3c(O)cccc3F)nc2c1. The highest BCUT2D eigenvalue weighted by Crippen LogP contribution is 2.34. The van der Waals surface area contributed by atoms with E-state index >= 15 is 0 Å². The van der Waals surface area contributed by atoms with Crippen LogP contribution in [0.25, 0.3) is 22.3 Å². The van der Waals surface area contributed by atoms with E-state index in [1.165, 1.54) is 31.0 Å². The number of anilines is 1. The zero-order valence-corrected chi connectivity index (χ0v) is 15.0. The lowest BCUT2D eigenvalue weighted by Gasteiger charge is -2.33. The zero-order valence-electron chi connectivity index (χ0n) is 15.0. The summed E-state index contributed by atoms with van der Waals surface area (Å²) in [6.07, 6.45) is 4.10. The van der Waals surface area contributed by atoms with Gasteiger partial charge in [0.15, 0.2) is 5.82 Å². The minimum absolute atomic E-state index is 0.0456. The third-order valence-electron chi connectivity index (χ3n) is 5.16. The van der Waals surface area contributed by atoms with Crippen molar-refractivity contribution in [2.75, 3.05) is 18.0 Å². The van der Waals surface area contributed by atoms with Crippen LogP contribution in [-0.4, -0.2) is 28.2 Å². The molecule has 134 valence electrons. The van der Waals surface area contributed by atoms with E-state index in [4.69, 9.17) is 0 Å². The van der Waals surface area contributed by atoms with E-state index in [-0.39, 0.29) is 17.1 Å². The Bertz CT molecular complexity index is 945. The van der Waals surface area contributed by atoms with Gasteiger partial charge >= 0.3 is 0 Å². The molecule has 0 radical (unpaired) electrons. The summed E-state index contributed by atoms with van der Waals surface area (Å²) in [4.78, 5) is 11.3. The maximum absolute atomic E-state index is 14.2. The highest BCUT2D eigenvalue weighted by molar-refractivity contribution is 5.93. The van der Waals surface area contributed by atoms with Gasteiger partial charge in [-0.25, -0.2) is 14.4 Å². The van der Waals surface area contributed by atoms with Crippen molar-refractivity contribution in [1.29, 1.82) is 0 Å². The van der Waals surface area contributed by atoms with Gasteiger partial charge in [0.2, 0.25) is 0 Å². The van der Waals surface area contributed by atoms with Gasteiger partial charge in [-0.05, 0) is 55.5 Å². The van der Waals surface area contributed by atoms with Crippen LogP contribution in [-0.2, 0) is 0 Å². The first-order valence-corrected chi connectivity index (χ1v) is 9.03. The predicted molar refractivity (Wildman–Crippen MR) is 102 cm³/mol. The molecular formula is C21H22FN3O. The van der Waals surface area contributed by atoms with Gasteiger partial charge in [0.05, 0.1) is 11.1 Å². The quantitative estimate of drug-likeness (QED) is 0.728. The molecule has 0 spiro atoms. The molecule has 1 aliphatic rings. The van der Waals surface area contributed by atoms with Crippen LogP contribution in [0.3, 0.4) is 0 Å². The minimum Gasteiger partial charge on any atom is -0.507 e. The number of benzene rings is 2. The molecule has 1 fully saturated rings. The van der Waals surface area contributed by atoms with Crippen molar-refractivity contribution in [1.82, 2.24) is 9.97 Å². The van der Waals surface area contributed by atoms with E-state index in [1.807, 2.05) is 13.0 Å². The van der Waals surface area contributed by atoms with E-state index < -0.39 is 5.82 Å². The number of hydrogen-bond acceptors (Lipinski definition) is 4. The highest BCUT2D eigenvalue weighted by atomic mass is 19.1. The van der Waals surface area contributed by atoms with Gasteiger partial charge in [0.1, 0.15) is 11.6 Å². The second kappa shape index (κ2) is 6.56. The van der Waals surface area contributed by atoms with Gasteiger partial charge in [0.25, 0.3) is 0 Å². The number of nitrogens with zero attached hydrogens (tertiary/aromatic N) is 3. The number of phenols is 1. The van der Waals surface area contributed by atoms with Gasteiger partial charge in [0, 0.05) is 30.4 Å². The van der Waals surface area contributed by atoms with Crippen molar-refractivity contribution in [2.45, 2.75) is 26.7 Å². The second-order valence-electron chi connectivity index (χ2n) is 7.21. The summed E-state index contributed by atoms with van der Waals surface area (Å²) in [5.74, 6) is 0.288. The third kappa shape index (κ3) is 2.98. The van der Waals surface area contributed by atoms with Crippen LogP contribution in [0.1, 0.15) is 25.3 Å². The van der Waals surface area contributed by atoms with Gasteiger partial charge < -0.3 is 10.0 Å². The number of halogens is 1. The summed E-state index contributed by atoms with van der Waals surface area (Å²) >= 11 is 0. The standard InChI is InChI=1S/C21H22FN3O/c1-13-6-8-25(9-7-13)18-11-14(2)10-17-15(18)12-23-21(24-17)20-16(22)4-3-5-19(20)26/h3-5,10-13,26H,6-9H2,1-2H3. The molecule has 0 atom stereocenters. The molecule has 1 aromatic heterocycles. The van der Waals surface area contributed by atoms with Gasteiger partial charge in [-0.15, -0.1) is 0 Å². The highest BCUT2D eigenvalue weighted by Gasteiger charge is 2.20. The van der Waals surface area contributed by atoms with Gasteiger partial charge in [-0.2, -0.15) is 0 Å². The fraction of sp³-hybridized carbons (Fsp3) is 0.333. The molecule has 26 heavy (non-hydrogen) atoms. The molecule has 0 aliphatic carbocycles. The Morgan fingerprint density at radius 3 is 2.69 bits per heavy atom. The molecule has 1 N–H and O–H groups in total. The number of fused-ring (bicyclic) bond motifs is 1. The van der Waals surface area contributed by atoms with Gasteiger partial charge in [-0.1, -0.05) is 13.0 Å². The summed E-state index contributed by atoms with van der Waals surface area (Å²) in [5, 5.41) is 11.0. The molecule has 2 heterocycles. The van der Waals surface area contributed by atoms with Crippen LogP contribution in [0.5, 0.6) is 5.75 Å². The van der Waals surface area contributed by atoms with E-state index in [1.54, 1.807) is 6.20 Å². The number of rotatable bonds is 2. The number of phenolic OH excluding ortho intramolecular Hbond substituents is 1. The molecule has 3 aromatic rings. The van der Waals surface area contributed by atoms with Crippen molar-refractivity contribution in [3.05, 3.63) is 47.9 Å². The molecule has 1 aliphatic heterocycles. The molecule has 1 saturated heterocycles. The topological polar surface area (TPSA) is 49.2 Å². The molecule has 0 saturated carbocycles. The average Bonchev–Trinajstić information content (AvgIpc) is 2.61. The molecule has 4 nitrogen and oxygen atoms in total. The number of aromatic nitrogens is 2. The normalized spacial score (nSPS) is 15.6. The third-order valence-corrected chi connectivity index (χ3v) is 5.16. The molecule has 0 amide bonds. The summed E-state index contributed by atoms with van der Waals surface area (Å²) in [7, 11) is 0. The molecule has 2 aromatic carbocycles. The maximum Gasteiger partial charge on any atom is 0.166 e. The monoisotopic (exact) mass is 351 g/mol. The predicted octanol–water partition coefficient (Wildman–Crippen LogP) is 4.69. The van der Waals surface area contributed by atoms with E-state index in [2.05, 4.69) is 27.9 Å². The zero-order chi connectivity index (χ0) is 18.3. The summed E-state index contributed by atoms with van der Waals surface area (Å²) < 4.78 is 14.2. The fourth-order valence-corrected chi connectivity index (χ4v) is 3.62. The molecular weight excluding hydrogens is 329 g/mol. The number of aromatic hydroxyl groups is 1. The van der Waals surface area contributed by atoms with E-state index in [0.717, 1.165) is 41.2 Å². The fourth-order valence-electron chi connectivity index (χ4n) is 3.62. The average molecular weight is 351 g/mol. The number of hydrogen-bond donors (Lipinski definition) is 1. The summed E-state index contributed by atoms with van der Waals surface area (Å²) in [6, 6.07) is 8.37. The van der Waals surface area contributed by atoms with Crippen LogP contribution in [0.4, 0.5) is 10.1 Å². The van der Waals surface area contributed by atoms with E-state index in [0.29, 0.717) is 0 Å². The van der Waals surface area contributed by atoms with Crippen LogP contribution in [0.15, 0.2) is 36.5 Å². The number of piperidine rings is 1. The Balaban J connectivity index is 1.82. The minimum atomic E-state index is -0.526. The summed E-state index contributed by atoms with van der Waals surface area (Å²) in [6.45, 7) is 6.38. The van der Waals surface area contributed by atoms with Crippen LogP contribution < -0.4 is 4.90 Å². The lowest BCUT2D eigenvalue weighted by Crippen LogP contribution is -2.32. The molecule has 5 heteroatoms. The Hall–Kier alpha value is -2.69. The number of aryl methyl sites for hydroxylation is 1. The lowest BCUT2D eigenvalue weighted by molar-refractivity contribution is 0.439. The van der Waals surface area contributed by atoms with E-state index in [9.17, 15) is 9.50 Å². The van der Waals surface area contributed by atoms with Crippen LogP contribution in [0.2, 0.25) is 0 Å². The Kier molecular flexibility index (Phi) is 4.23. The van der Waals surface area contributed by atoms with Crippen LogP contribution >= 0.6 is 0 Å². The molecule has 0 bridgehead atoms. The lowest BCUT2D eigenvalue weighted by atomic mass is 9.98. The first-order valence-electron chi connectivity index (χ1n) is 9.03. The first-order chi connectivity index (χ1) is 12.5. The second-order valence-corrected chi connectivity index (χ2v) is 7.21.